The molecule has 1 aliphatic heterocycles. The minimum atomic E-state index is -3.50. The van der Waals surface area contributed by atoms with Crippen molar-refractivity contribution in [2.45, 2.75) is 31.1 Å². The summed E-state index contributed by atoms with van der Waals surface area (Å²) in [5.74, 6) is 0. The topological polar surface area (TPSA) is 43.4 Å². The maximum absolute atomic E-state index is 12.5. The minimum Gasteiger partial charge on any atom is -0.478 e. The number of hydrogen-bond acceptors (Lipinski definition) is 3. The van der Waals surface area contributed by atoms with Crippen LogP contribution in [0.1, 0.15) is 16.7 Å². The van der Waals surface area contributed by atoms with E-state index in [-0.39, 0.29) is 0 Å². The number of aryl methyl sites for hydroxylation is 3. The van der Waals surface area contributed by atoms with Crippen molar-refractivity contribution in [2.24, 2.45) is 0 Å². The van der Waals surface area contributed by atoms with E-state index in [1.807, 2.05) is 32.9 Å². The summed E-state index contributed by atoms with van der Waals surface area (Å²) < 4.78 is 30.2. The fourth-order valence-corrected chi connectivity index (χ4v) is 4.03. The Morgan fingerprint density at radius 1 is 1.06 bits per heavy atom. The lowest BCUT2D eigenvalue weighted by Gasteiger charge is -2.19. The minimum absolute atomic E-state index is 0.373. The lowest BCUT2D eigenvalue weighted by Crippen LogP contribution is -2.23. The van der Waals surface area contributed by atoms with E-state index in [4.69, 9.17) is 4.74 Å². The smallest absolute Gasteiger partial charge is 0.221 e. The van der Waals surface area contributed by atoms with Crippen LogP contribution in [0.15, 0.2) is 41.5 Å². The van der Waals surface area contributed by atoms with E-state index in [9.17, 15) is 8.42 Å². The van der Waals surface area contributed by atoms with Crippen LogP contribution in [0.25, 0.3) is 0 Å². The SMILES string of the molecule is Cc1cc(C)c(S(=O)(=O)C2C=CC=CO2)c(C)c1. The molecule has 0 radical (unpaired) electrons. The van der Waals surface area contributed by atoms with Gasteiger partial charge in [0.25, 0.3) is 0 Å². The van der Waals surface area contributed by atoms with Crippen LogP contribution in [-0.2, 0) is 14.6 Å². The molecule has 0 bridgehead atoms. The van der Waals surface area contributed by atoms with Crippen LogP contribution in [0.3, 0.4) is 0 Å². The number of sulfone groups is 1. The zero-order chi connectivity index (χ0) is 13.3. The van der Waals surface area contributed by atoms with Crippen LogP contribution < -0.4 is 0 Å². The maximum atomic E-state index is 12.5. The van der Waals surface area contributed by atoms with E-state index in [1.165, 1.54) is 6.26 Å². The number of hydrogen-bond donors (Lipinski definition) is 0. The van der Waals surface area contributed by atoms with Crippen molar-refractivity contribution in [3.05, 3.63) is 53.3 Å². The first-order chi connectivity index (χ1) is 8.43. The summed E-state index contributed by atoms with van der Waals surface area (Å²) in [4.78, 5) is 0.373. The van der Waals surface area contributed by atoms with Crippen LogP contribution >= 0.6 is 0 Å². The Hall–Kier alpha value is -1.55. The van der Waals surface area contributed by atoms with Gasteiger partial charge in [0.05, 0.1) is 11.2 Å². The second-order valence-corrected chi connectivity index (χ2v) is 6.45. The fraction of sp³-hybridized carbons (Fsp3) is 0.286. The Balaban J connectivity index is 2.54. The number of benzene rings is 1. The molecule has 0 saturated carbocycles. The van der Waals surface area contributed by atoms with Gasteiger partial charge < -0.3 is 4.74 Å². The molecule has 0 N–H and O–H groups in total. The van der Waals surface area contributed by atoms with Crippen LogP contribution in [-0.4, -0.2) is 13.9 Å². The van der Waals surface area contributed by atoms with Crippen molar-refractivity contribution < 1.29 is 13.2 Å². The number of rotatable bonds is 2. The number of ether oxygens (including phenoxy) is 1. The maximum Gasteiger partial charge on any atom is 0.221 e. The zero-order valence-corrected chi connectivity index (χ0v) is 11.5. The molecule has 1 aromatic rings. The van der Waals surface area contributed by atoms with E-state index < -0.39 is 15.3 Å². The highest BCUT2D eigenvalue weighted by atomic mass is 32.2. The van der Waals surface area contributed by atoms with Gasteiger partial charge >= 0.3 is 0 Å². The molecule has 1 aromatic carbocycles. The van der Waals surface area contributed by atoms with Crippen LogP contribution in [0, 0.1) is 20.8 Å². The normalized spacial score (nSPS) is 18.7. The highest BCUT2D eigenvalue weighted by Gasteiger charge is 2.30. The summed E-state index contributed by atoms with van der Waals surface area (Å²) in [6, 6.07) is 3.75. The van der Waals surface area contributed by atoms with E-state index in [0.29, 0.717) is 4.90 Å². The predicted molar refractivity (Wildman–Crippen MR) is 71.0 cm³/mol. The molecular formula is C14H16O3S. The standard InChI is InChI=1S/C14H16O3S/c1-10-8-11(2)14(12(3)9-10)18(15,16)13-6-4-5-7-17-13/h4-9,13H,1-3H3. The Labute approximate surface area is 108 Å². The Morgan fingerprint density at radius 3 is 2.17 bits per heavy atom. The van der Waals surface area contributed by atoms with Gasteiger partial charge in [0, 0.05) is 0 Å². The summed E-state index contributed by atoms with van der Waals surface area (Å²) in [7, 11) is -3.50. The van der Waals surface area contributed by atoms with Crippen molar-refractivity contribution >= 4 is 9.84 Å². The van der Waals surface area contributed by atoms with Crippen LogP contribution in [0.5, 0.6) is 0 Å². The highest BCUT2D eigenvalue weighted by molar-refractivity contribution is 7.92. The van der Waals surface area contributed by atoms with Crippen LogP contribution in [0.4, 0.5) is 0 Å². The third kappa shape index (κ3) is 2.20. The first-order valence-corrected chi connectivity index (χ1v) is 7.28. The van der Waals surface area contributed by atoms with Gasteiger partial charge in [0.1, 0.15) is 0 Å². The van der Waals surface area contributed by atoms with Gasteiger partial charge in [-0.2, -0.15) is 0 Å². The molecule has 1 atom stereocenters. The molecule has 0 spiro atoms. The first-order valence-electron chi connectivity index (χ1n) is 5.73. The summed E-state index contributed by atoms with van der Waals surface area (Å²) in [5.41, 5.74) is 1.66. The molecule has 0 saturated heterocycles. The van der Waals surface area contributed by atoms with E-state index >= 15 is 0 Å². The third-order valence-electron chi connectivity index (χ3n) is 2.87. The number of allylic oxidation sites excluding steroid dienone is 2. The molecule has 2 rings (SSSR count). The largest absolute Gasteiger partial charge is 0.478 e. The van der Waals surface area contributed by atoms with E-state index in [2.05, 4.69) is 0 Å². The van der Waals surface area contributed by atoms with Gasteiger partial charge in [-0.15, -0.1) is 0 Å². The van der Waals surface area contributed by atoms with Gasteiger partial charge in [-0.25, -0.2) is 8.42 Å². The summed E-state index contributed by atoms with van der Waals surface area (Å²) >= 11 is 0. The van der Waals surface area contributed by atoms with E-state index in [1.54, 1.807) is 18.2 Å². The molecule has 3 nitrogen and oxygen atoms in total. The average molecular weight is 264 g/mol. The fourth-order valence-electron chi connectivity index (χ4n) is 2.28. The highest BCUT2D eigenvalue weighted by Crippen LogP contribution is 2.27. The second-order valence-electron chi connectivity index (χ2n) is 4.49. The predicted octanol–water partition coefficient (Wildman–Crippen LogP) is 2.81. The molecule has 0 fully saturated rings. The van der Waals surface area contributed by atoms with Gasteiger partial charge in [0.2, 0.25) is 15.3 Å². The molecule has 4 heteroatoms. The summed E-state index contributed by atoms with van der Waals surface area (Å²) in [5, 5.41) is 0. The van der Waals surface area contributed by atoms with Crippen molar-refractivity contribution in [3.63, 3.8) is 0 Å². The molecule has 0 aliphatic carbocycles. The quantitative estimate of drug-likeness (QED) is 0.825. The monoisotopic (exact) mass is 264 g/mol. The van der Waals surface area contributed by atoms with Gasteiger partial charge in [-0.05, 0) is 44.1 Å². The zero-order valence-electron chi connectivity index (χ0n) is 10.7. The molecule has 1 heterocycles. The van der Waals surface area contributed by atoms with Gasteiger partial charge in [-0.3, -0.25) is 0 Å². The Bertz CT molecular complexity index is 601. The lowest BCUT2D eigenvalue weighted by molar-refractivity contribution is 0.245. The molecule has 0 aromatic heterocycles. The molecule has 1 aliphatic rings. The summed E-state index contributed by atoms with van der Waals surface area (Å²) in [6.07, 6.45) is 6.31. The first kappa shape index (κ1) is 12.9. The molecule has 18 heavy (non-hydrogen) atoms. The van der Waals surface area contributed by atoms with Crippen molar-refractivity contribution in [3.8, 4) is 0 Å². The molecule has 1 unspecified atom stereocenters. The van der Waals surface area contributed by atoms with Crippen molar-refractivity contribution in [2.75, 3.05) is 0 Å². The second kappa shape index (κ2) is 4.61. The van der Waals surface area contributed by atoms with E-state index in [0.717, 1.165) is 16.7 Å². The molecule has 0 amide bonds. The third-order valence-corrected chi connectivity index (χ3v) is 4.96. The molecule has 96 valence electrons. The summed E-state index contributed by atoms with van der Waals surface area (Å²) in [6.45, 7) is 5.58. The van der Waals surface area contributed by atoms with Crippen LogP contribution in [0.2, 0.25) is 0 Å². The molecular weight excluding hydrogens is 248 g/mol. The van der Waals surface area contributed by atoms with Crippen molar-refractivity contribution in [1.29, 1.82) is 0 Å². The Morgan fingerprint density at radius 2 is 1.67 bits per heavy atom. The van der Waals surface area contributed by atoms with Gasteiger partial charge in [0.15, 0.2) is 0 Å². The Kier molecular flexibility index (Phi) is 3.30. The average Bonchev–Trinajstić information content (AvgIpc) is 2.28. The lowest BCUT2D eigenvalue weighted by atomic mass is 10.1. The van der Waals surface area contributed by atoms with Crippen molar-refractivity contribution in [1.82, 2.24) is 0 Å². The van der Waals surface area contributed by atoms with Gasteiger partial charge in [-0.1, -0.05) is 23.8 Å².